The van der Waals surface area contributed by atoms with Gasteiger partial charge in [0.05, 0.1) is 10.7 Å². The van der Waals surface area contributed by atoms with Gasteiger partial charge in [0, 0.05) is 40.7 Å². The number of ether oxygens (including phenoxy) is 2. The van der Waals surface area contributed by atoms with Crippen LogP contribution >= 0.6 is 11.3 Å². The quantitative estimate of drug-likeness (QED) is 0.309. The van der Waals surface area contributed by atoms with Crippen LogP contribution in [0.25, 0.3) is 22.2 Å². The highest BCUT2D eigenvalue weighted by Gasteiger charge is 2.26. The second-order valence-corrected chi connectivity index (χ2v) is 8.86. The zero-order chi connectivity index (χ0) is 23.7. The second-order valence-electron chi connectivity index (χ2n) is 7.79. The van der Waals surface area contributed by atoms with Crippen molar-refractivity contribution in [1.82, 2.24) is 4.98 Å². The van der Waals surface area contributed by atoms with Gasteiger partial charge in [0.1, 0.15) is 11.3 Å². The van der Waals surface area contributed by atoms with Crippen molar-refractivity contribution in [1.29, 1.82) is 0 Å². The number of carbonyl (C=O) groups excluding carboxylic acids is 2. The smallest absolute Gasteiger partial charge is 0.344 e. The van der Waals surface area contributed by atoms with E-state index in [1.54, 1.807) is 34.4 Å². The van der Waals surface area contributed by atoms with Gasteiger partial charge in [-0.05, 0) is 49.2 Å². The van der Waals surface area contributed by atoms with Crippen LogP contribution in [0.2, 0.25) is 0 Å². The maximum Gasteiger partial charge on any atom is 0.344 e. The molecule has 1 aliphatic heterocycles. The van der Waals surface area contributed by atoms with E-state index in [-0.39, 0.29) is 19.1 Å². The predicted molar refractivity (Wildman–Crippen MR) is 127 cm³/mol. The molecule has 1 amide bonds. The van der Waals surface area contributed by atoms with Crippen molar-refractivity contribution in [3.05, 3.63) is 74.9 Å². The molecule has 0 aliphatic carbocycles. The average molecular weight is 477 g/mol. The highest BCUT2D eigenvalue weighted by atomic mass is 32.1. The monoisotopic (exact) mass is 476 g/mol. The lowest BCUT2D eigenvalue weighted by Gasteiger charge is -2.17. The maximum absolute atomic E-state index is 12.7. The third kappa shape index (κ3) is 4.55. The summed E-state index contributed by atoms with van der Waals surface area (Å²) in [7, 11) is 0. The van der Waals surface area contributed by atoms with E-state index in [4.69, 9.17) is 13.9 Å². The third-order valence-corrected chi connectivity index (χ3v) is 6.27. The molecular weight excluding hydrogens is 456 g/mol. The summed E-state index contributed by atoms with van der Waals surface area (Å²) in [5.41, 5.74) is 3.72. The first kappa shape index (κ1) is 21.8. The molecule has 8 nitrogen and oxygen atoms in total. The second kappa shape index (κ2) is 9.11. The number of aryl methyl sites for hydroxylation is 1. The number of hydrogen-bond donors (Lipinski definition) is 0. The van der Waals surface area contributed by atoms with Crippen LogP contribution in [-0.2, 0) is 20.7 Å². The van der Waals surface area contributed by atoms with E-state index in [1.165, 1.54) is 12.1 Å². The highest BCUT2D eigenvalue weighted by Crippen LogP contribution is 2.32. The highest BCUT2D eigenvalue weighted by molar-refractivity contribution is 7.09. The molecule has 4 aromatic rings. The molecule has 0 bridgehead atoms. The first-order valence-electron chi connectivity index (χ1n) is 10.6. The number of benzene rings is 2. The summed E-state index contributed by atoms with van der Waals surface area (Å²) in [5, 5.41) is 3.76. The van der Waals surface area contributed by atoms with Crippen molar-refractivity contribution in [2.24, 2.45) is 0 Å². The number of hydrogen-bond acceptors (Lipinski definition) is 8. The van der Waals surface area contributed by atoms with Crippen molar-refractivity contribution in [3.63, 3.8) is 0 Å². The Kier molecular flexibility index (Phi) is 5.85. The fraction of sp³-hybridized carbons (Fsp3) is 0.200. The van der Waals surface area contributed by atoms with Crippen LogP contribution in [0.3, 0.4) is 0 Å². The standard InChI is InChI=1S/C25H20N2O6S/c1-15-26-20(14-34-15)17-3-6-21-18(10-17)8-9-27(21)23(28)12-32-25(30)13-31-19-5-2-16-4-7-24(29)33-22(16)11-19/h2-7,10-11,14H,8-9,12-13H2,1H3. The van der Waals surface area contributed by atoms with Crippen molar-refractivity contribution in [2.45, 2.75) is 13.3 Å². The number of anilines is 1. The number of amides is 1. The molecule has 34 heavy (non-hydrogen) atoms. The minimum atomic E-state index is -0.670. The van der Waals surface area contributed by atoms with Crippen LogP contribution in [0, 0.1) is 6.92 Å². The molecule has 0 unspecified atom stereocenters. The minimum Gasteiger partial charge on any atom is -0.482 e. The van der Waals surface area contributed by atoms with E-state index < -0.39 is 11.6 Å². The van der Waals surface area contributed by atoms with Gasteiger partial charge in [0.15, 0.2) is 13.2 Å². The zero-order valence-corrected chi connectivity index (χ0v) is 19.1. The number of fused-ring (bicyclic) bond motifs is 2. The molecule has 0 saturated carbocycles. The molecule has 2 aromatic carbocycles. The maximum atomic E-state index is 12.7. The van der Waals surface area contributed by atoms with Crippen molar-refractivity contribution < 1.29 is 23.5 Å². The number of aromatic nitrogens is 1. The van der Waals surface area contributed by atoms with E-state index in [0.717, 1.165) is 39.3 Å². The van der Waals surface area contributed by atoms with E-state index >= 15 is 0 Å². The van der Waals surface area contributed by atoms with Crippen LogP contribution in [-0.4, -0.2) is 36.6 Å². The fourth-order valence-corrected chi connectivity index (χ4v) is 4.47. The van der Waals surface area contributed by atoms with E-state index in [9.17, 15) is 14.4 Å². The molecule has 0 saturated heterocycles. The minimum absolute atomic E-state index is 0.295. The molecular formula is C25H20N2O6S. The molecule has 0 atom stereocenters. The van der Waals surface area contributed by atoms with Gasteiger partial charge in [0.25, 0.3) is 5.91 Å². The summed E-state index contributed by atoms with van der Waals surface area (Å²) in [4.78, 5) is 42.3. The Morgan fingerprint density at radius 2 is 1.97 bits per heavy atom. The Morgan fingerprint density at radius 3 is 2.79 bits per heavy atom. The normalized spacial score (nSPS) is 12.6. The number of thiazole rings is 1. The Hall–Kier alpha value is -3.98. The lowest BCUT2D eigenvalue weighted by atomic mass is 10.1. The van der Waals surface area contributed by atoms with Crippen molar-refractivity contribution in [2.75, 3.05) is 24.7 Å². The van der Waals surface area contributed by atoms with E-state index in [1.807, 2.05) is 24.4 Å². The SMILES string of the molecule is Cc1nc(-c2ccc3c(c2)CCN3C(=O)COC(=O)COc2ccc3ccc(=O)oc3c2)cs1. The Labute approximate surface area is 198 Å². The molecule has 1 aliphatic rings. The summed E-state index contributed by atoms with van der Waals surface area (Å²) in [6, 6.07) is 13.8. The number of carbonyl (C=O) groups is 2. The third-order valence-electron chi connectivity index (χ3n) is 5.50. The molecule has 172 valence electrons. The van der Waals surface area contributed by atoms with Gasteiger partial charge in [-0.15, -0.1) is 11.3 Å². The van der Waals surface area contributed by atoms with Crippen molar-refractivity contribution >= 4 is 39.9 Å². The molecule has 2 aromatic heterocycles. The van der Waals surface area contributed by atoms with Gasteiger partial charge >= 0.3 is 11.6 Å². The first-order chi connectivity index (χ1) is 16.5. The first-order valence-corrected chi connectivity index (χ1v) is 11.5. The topological polar surface area (TPSA) is 98.9 Å². The fourth-order valence-electron chi connectivity index (χ4n) is 3.85. The molecule has 5 rings (SSSR count). The molecule has 3 heterocycles. The van der Waals surface area contributed by atoms with Crippen LogP contribution in [0.5, 0.6) is 5.75 Å². The van der Waals surface area contributed by atoms with Gasteiger partial charge < -0.3 is 18.8 Å². The number of esters is 1. The van der Waals surface area contributed by atoms with Crippen molar-refractivity contribution in [3.8, 4) is 17.0 Å². The zero-order valence-electron chi connectivity index (χ0n) is 18.3. The summed E-state index contributed by atoms with van der Waals surface area (Å²) in [6.07, 6.45) is 0.729. The summed E-state index contributed by atoms with van der Waals surface area (Å²) in [6.45, 7) is 1.75. The Morgan fingerprint density at radius 1 is 1.12 bits per heavy atom. The van der Waals surface area contributed by atoms with E-state index in [0.29, 0.717) is 17.9 Å². The largest absolute Gasteiger partial charge is 0.482 e. The van der Waals surface area contributed by atoms with Crippen LogP contribution in [0.4, 0.5) is 5.69 Å². The Bertz CT molecular complexity index is 1460. The average Bonchev–Trinajstić information content (AvgIpc) is 3.46. The van der Waals surface area contributed by atoms with E-state index in [2.05, 4.69) is 11.1 Å². The summed E-state index contributed by atoms with van der Waals surface area (Å²) in [5.74, 6) is -0.613. The molecule has 0 spiro atoms. The van der Waals surface area contributed by atoms with Gasteiger partial charge in [-0.3, -0.25) is 4.79 Å². The van der Waals surface area contributed by atoms with Gasteiger partial charge in [-0.1, -0.05) is 6.07 Å². The summed E-state index contributed by atoms with van der Waals surface area (Å²) < 4.78 is 15.6. The summed E-state index contributed by atoms with van der Waals surface area (Å²) >= 11 is 1.60. The lowest BCUT2D eigenvalue weighted by Crippen LogP contribution is -2.33. The van der Waals surface area contributed by atoms with Gasteiger partial charge in [-0.2, -0.15) is 0 Å². The van der Waals surface area contributed by atoms with Crippen LogP contribution in [0.15, 0.2) is 63.1 Å². The van der Waals surface area contributed by atoms with Crippen LogP contribution < -0.4 is 15.3 Å². The van der Waals surface area contributed by atoms with Gasteiger partial charge in [0.2, 0.25) is 0 Å². The number of rotatable bonds is 6. The molecule has 0 fully saturated rings. The molecule has 0 radical (unpaired) electrons. The predicted octanol–water partition coefficient (Wildman–Crippen LogP) is 3.74. The van der Waals surface area contributed by atoms with Crippen LogP contribution in [0.1, 0.15) is 10.6 Å². The lowest BCUT2D eigenvalue weighted by molar-refractivity contribution is -0.149. The molecule has 0 N–H and O–H groups in total. The van der Waals surface area contributed by atoms with Gasteiger partial charge in [-0.25, -0.2) is 14.6 Å². The number of nitrogens with zero attached hydrogens (tertiary/aromatic N) is 2. The Balaban J connectivity index is 1.16. The molecule has 9 heteroatoms.